The number of hydrogen-bond acceptors (Lipinski definition) is 1. The summed E-state index contributed by atoms with van der Waals surface area (Å²) in [5, 5.41) is 1.27. The molecule has 0 bridgehead atoms. The van der Waals surface area contributed by atoms with Crippen molar-refractivity contribution < 1.29 is 0 Å². The highest BCUT2D eigenvalue weighted by Gasteiger charge is 2.09. The lowest BCUT2D eigenvalue weighted by molar-refractivity contribution is 0.815. The fourth-order valence-electron chi connectivity index (χ4n) is 1.89. The van der Waals surface area contributed by atoms with Crippen molar-refractivity contribution >= 4 is 10.9 Å². The molecule has 0 amide bonds. The van der Waals surface area contributed by atoms with Gasteiger partial charge in [0.2, 0.25) is 0 Å². The lowest BCUT2D eigenvalue weighted by Gasteiger charge is -2.02. The number of benzene rings is 1. The van der Waals surface area contributed by atoms with Gasteiger partial charge in [-0.15, -0.1) is 0 Å². The van der Waals surface area contributed by atoms with Crippen LogP contribution in [0.5, 0.6) is 0 Å². The molecule has 0 saturated heterocycles. The smallest absolute Gasteiger partial charge is 0.0483 e. The summed E-state index contributed by atoms with van der Waals surface area (Å²) < 4.78 is 2.14. The molecule has 2 N–H and O–H groups in total. The third-order valence-corrected chi connectivity index (χ3v) is 2.67. The summed E-state index contributed by atoms with van der Waals surface area (Å²) in [5.41, 5.74) is 9.69. The predicted octanol–water partition coefficient (Wildman–Crippen LogP) is 2.51. The Bertz CT molecular complexity index is 466. The van der Waals surface area contributed by atoms with Crippen LogP contribution in [0.1, 0.15) is 24.1 Å². The Labute approximate surface area is 84.3 Å². The fraction of sp³-hybridized carbons (Fsp3) is 0.333. The minimum atomic E-state index is 0.0985. The topological polar surface area (TPSA) is 30.9 Å². The molecular weight excluding hydrogens is 172 g/mol. The van der Waals surface area contributed by atoms with Gasteiger partial charge in [0.25, 0.3) is 0 Å². The zero-order valence-corrected chi connectivity index (χ0v) is 8.91. The van der Waals surface area contributed by atoms with Crippen LogP contribution >= 0.6 is 0 Å². The molecule has 0 aliphatic carbocycles. The molecule has 1 heterocycles. The van der Waals surface area contributed by atoms with E-state index in [1.165, 1.54) is 22.0 Å². The van der Waals surface area contributed by atoms with E-state index in [9.17, 15) is 0 Å². The first-order valence-electron chi connectivity index (χ1n) is 4.91. The van der Waals surface area contributed by atoms with Gasteiger partial charge in [0.05, 0.1) is 0 Å². The highest BCUT2D eigenvalue weighted by molar-refractivity contribution is 5.85. The molecule has 0 aliphatic heterocycles. The largest absolute Gasteiger partial charge is 0.350 e. The highest BCUT2D eigenvalue weighted by atomic mass is 14.9. The van der Waals surface area contributed by atoms with Crippen molar-refractivity contribution in [2.45, 2.75) is 19.9 Å². The van der Waals surface area contributed by atoms with E-state index >= 15 is 0 Å². The SMILES string of the molecule is Cc1ccc2c([C@@H](C)N)cn(C)c2c1. The number of hydrogen-bond donors (Lipinski definition) is 1. The number of aryl methyl sites for hydroxylation is 2. The first-order chi connectivity index (χ1) is 6.59. The summed E-state index contributed by atoms with van der Waals surface area (Å²) in [5.74, 6) is 0. The molecule has 14 heavy (non-hydrogen) atoms. The lowest BCUT2D eigenvalue weighted by atomic mass is 10.1. The van der Waals surface area contributed by atoms with Gasteiger partial charge in [0.15, 0.2) is 0 Å². The fourth-order valence-corrected chi connectivity index (χ4v) is 1.89. The standard InChI is InChI=1S/C12H16N2/c1-8-4-5-10-11(9(2)13)7-14(3)12(10)6-8/h4-7,9H,13H2,1-3H3/t9-/m1/s1. The number of rotatable bonds is 1. The van der Waals surface area contributed by atoms with E-state index in [0.717, 1.165) is 0 Å². The molecule has 2 heteroatoms. The Morgan fingerprint density at radius 3 is 2.71 bits per heavy atom. The molecule has 1 aromatic heterocycles. The average molecular weight is 188 g/mol. The van der Waals surface area contributed by atoms with Crippen LogP contribution in [0.2, 0.25) is 0 Å². The molecule has 0 spiro atoms. The summed E-state index contributed by atoms with van der Waals surface area (Å²) in [7, 11) is 2.06. The Morgan fingerprint density at radius 2 is 2.07 bits per heavy atom. The maximum absolute atomic E-state index is 5.92. The van der Waals surface area contributed by atoms with E-state index < -0.39 is 0 Å². The second kappa shape index (κ2) is 3.14. The second-order valence-electron chi connectivity index (χ2n) is 4.00. The van der Waals surface area contributed by atoms with Crippen molar-refractivity contribution in [1.29, 1.82) is 0 Å². The maximum atomic E-state index is 5.92. The normalized spacial score (nSPS) is 13.4. The van der Waals surface area contributed by atoms with E-state index in [1.807, 2.05) is 6.92 Å². The molecule has 1 atom stereocenters. The van der Waals surface area contributed by atoms with Crippen LogP contribution in [0, 0.1) is 6.92 Å². The summed E-state index contributed by atoms with van der Waals surface area (Å²) >= 11 is 0. The van der Waals surface area contributed by atoms with Crippen LogP contribution in [0.25, 0.3) is 10.9 Å². The molecule has 74 valence electrons. The summed E-state index contributed by atoms with van der Waals surface area (Å²) in [6, 6.07) is 6.58. The zero-order chi connectivity index (χ0) is 10.3. The Balaban J connectivity index is 2.77. The molecule has 2 rings (SSSR count). The van der Waals surface area contributed by atoms with E-state index in [-0.39, 0.29) is 6.04 Å². The van der Waals surface area contributed by atoms with Gasteiger partial charge in [-0.2, -0.15) is 0 Å². The van der Waals surface area contributed by atoms with Crippen molar-refractivity contribution in [3.8, 4) is 0 Å². The van der Waals surface area contributed by atoms with E-state index in [0.29, 0.717) is 0 Å². The first-order valence-corrected chi connectivity index (χ1v) is 4.91. The molecule has 2 nitrogen and oxygen atoms in total. The molecule has 0 fully saturated rings. The van der Waals surface area contributed by atoms with Gasteiger partial charge < -0.3 is 10.3 Å². The predicted molar refractivity (Wildman–Crippen MR) is 60.3 cm³/mol. The van der Waals surface area contributed by atoms with Gasteiger partial charge in [-0.1, -0.05) is 12.1 Å². The summed E-state index contributed by atoms with van der Waals surface area (Å²) in [6.45, 7) is 4.13. The van der Waals surface area contributed by atoms with Gasteiger partial charge in [-0.05, 0) is 31.0 Å². The van der Waals surface area contributed by atoms with Crippen molar-refractivity contribution in [2.75, 3.05) is 0 Å². The number of nitrogens with zero attached hydrogens (tertiary/aromatic N) is 1. The van der Waals surface area contributed by atoms with E-state index in [2.05, 4.69) is 42.9 Å². The van der Waals surface area contributed by atoms with Crippen LogP contribution in [0.15, 0.2) is 24.4 Å². The third kappa shape index (κ3) is 1.32. The van der Waals surface area contributed by atoms with Crippen LogP contribution in [-0.4, -0.2) is 4.57 Å². The molecule has 2 aromatic rings. The van der Waals surface area contributed by atoms with Crippen LogP contribution < -0.4 is 5.73 Å². The molecule has 0 aliphatic rings. The van der Waals surface area contributed by atoms with Crippen molar-refractivity contribution in [3.63, 3.8) is 0 Å². The quantitative estimate of drug-likeness (QED) is 0.732. The van der Waals surface area contributed by atoms with Crippen molar-refractivity contribution in [2.24, 2.45) is 12.8 Å². The summed E-state index contributed by atoms with van der Waals surface area (Å²) in [6.07, 6.45) is 2.12. The monoisotopic (exact) mass is 188 g/mol. The number of fused-ring (bicyclic) bond motifs is 1. The Kier molecular flexibility index (Phi) is 2.08. The van der Waals surface area contributed by atoms with Crippen LogP contribution in [0.4, 0.5) is 0 Å². The van der Waals surface area contributed by atoms with Crippen LogP contribution in [-0.2, 0) is 7.05 Å². The van der Waals surface area contributed by atoms with Gasteiger partial charge in [0.1, 0.15) is 0 Å². The molecule has 0 saturated carbocycles. The summed E-state index contributed by atoms with van der Waals surface area (Å²) in [4.78, 5) is 0. The van der Waals surface area contributed by atoms with Crippen LogP contribution in [0.3, 0.4) is 0 Å². The number of aromatic nitrogens is 1. The van der Waals surface area contributed by atoms with E-state index in [4.69, 9.17) is 5.73 Å². The Morgan fingerprint density at radius 1 is 1.36 bits per heavy atom. The average Bonchev–Trinajstić information content (AvgIpc) is 2.44. The lowest BCUT2D eigenvalue weighted by Crippen LogP contribution is -2.03. The Hall–Kier alpha value is -1.28. The van der Waals surface area contributed by atoms with Gasteiger partial charge in [-0.3, -0.25) is 0 Å². The minimum absolute atomic E-state index is 0.0985. The highest BCUT2D eigenvalue weighted by Crippen LogP contribution is 2.25. The van der Waals surface area contributed by atoms with E-state index in [1.54, 1.807) is 0 Å². The maximum Gasteiger partial charge on any atom is 0.0483 e. The van der Waals surface area contributed by atoms with Crippen molar-refractivity contribution in [3.05, 3.63) is 35.5 Å². The molecular formula is C12H16N2. The van der Waals surface area contributed by atoms with Crippen molar-refractivity contribution in [1.82, 2.24) is 4.57 Å². The second-order valence-corrected chi connectivity index (χ2v) is 4.00. The zero-order valence-electron chi connectivity index (χ0n) is 8.91. The first kappa shape index (κ1) is 9.28. The minimum Gasteiger partial charge on any atom is -0.350 e. The molecule has 0 radical (unpaired) electrons. The van der Waals surface area contributed by atoms with Gasteiger partial charge >= 0.3 is 0 Å². The molecule has 1 aromatic carbocycles. The molecule has 0 unspecified atom stereocenters. The van der Waals surface area contributed by atoms with Gasteiger partial charge in [0, 0.05) is 30.2 Å². The third-order valence-electron chi connectivity index (χ3n) is 2.67. The number of nitrogens with two attached hydrogens (primary N) is 1. The van der Waals surface area contributed by atoms with Gasteiger partial charge in [-0.25, -0.2) is 0 Å².